The zero-order valence-corrected chi connectivity index (χ0v) is 10.8. The molecule has 0 aliphatic carbocycles. The van der Waals surface area contributed by atoms with Crippen LogP contribution in [-0.4, -0.2) is 42.0 Å². The lowest BCUT2D eigenvalue weighted by atomic mass is 10.2. The number of aromatic nitrogens is 1. The van der Waals surface area contributed by atoms with Crippen molar-refractivity contribution in [3.8, 4) is 0 Å². The molecule has 1 fully saturated rings. The molecule has 1 amide bonds. The van der Waals surface area contributed by atoms with Gasteiger partial charge in [-0.1, -0.05) is 0 Å². The molecule has 1 aliphatic heterocycles. The van der Waals surface area contributed by atoms with Crippen molar-refractivity contribution < 1.29 is 4.79 Å². The summed E-state index contributed by atoms with van der Waals surface area (Å²) in [4.78, 5) is 28.4. The van der Waals surface area contributed by atoms with E-state index in [4.69, 9.17) is 0 Å². The van der Waals surface area contributed by atoms with Gasteiger partial charge in [0.15, 0.2) is 0 Å². The normalized spacial score (nSPS) is 20.0. The van der Waals surface area contributed by atoms with Gasteiger partial charge in [0.1, 0.15) is 5.56 Å². The van der Waals surface area contributed by atoms with E-state index in [0.717, 1.165) is 18.7 Å². The molecule has 0 aromatic carbocycles. The lowest BCUT2D eigenvalue weighted by Crippen LogP contribution is -2.39. The summed E-state index contributed by atoms with van der Waals surface area (Å²) in [5, 5.41) is 2.83. The Morgan fingerprint density at radius 2 is 2.33 bits per heavy atom. The molecule has 1 saturated heterocycles. The van der Waals surface area contributed by atoms with Crippen molar-refractivity contribution in [3.63, 3.8) is 0 Å². The van der Waals surface area contributed by atoms with Crippen molar-refractivity contribution in [1.82, 2.24) is 15.2 Å². The van der Waals surface area contributed by atoms with Crippen molar-refractivity contribution in [2.45, 2.75) is 25.8 Å². The summed E-state index contributed by atoms with van der Waals surface area (Å²) in [7, 11) is 2.06. The smallest absolute Gasteiger partial charge is 0.260 e. The topological polar surface area (TPSA) is 65.2 Å². The van der Waals surface area contributed by atoms with E-state index >= 15 is 0 Å². The van der Waals surface area contributed by atoms with Gasteiger partial charge < -0.3 is 15.2 Å². The Morgan fingerprint density at radius 1 is 1.56 bits per heavy atom. The van der Waals surface area contributed by atoms with Crippen LogP contribution in [0.2, 0.25) is 0 Å². The number of aromatic amines is 1. The first-order chi connectivity index (χ1) is 8.58. The Hall–Kier alpha value is -1.62. The number of pyridine rings is 1. The van der Waals surface area contributed by atoms with Crippen LogP contribution in [0.1, 0.15) is 28.9 Å². The largest absolute Gasteiger partial charge is 0.350 e. The van der Waals surface area contributed by atoms with Gasteiger partial charge in [0.25, 0.3) is 11.5 Å². The number of nitrogens with one attached hydrogen (secondary N) is 2. The van der Waals surface area contributed by atoms with Crippen molar-refractivity contribution in [3.05, 3.63) is 33.7 Å². The molecule has 98 valence electrons. The number of carbonyl (C=O) groups excluding carboxylic acids is 1. The minimum Gasteiger partial charge on any atom is -0.350 e. The van der Waals surface area contributed by atoms with E-state index in [0.29, 0.717) is 12.6 Å². The molecule has 5 nitrogen and oxygen atoms in total. The molecule has 0 bridgehead atoms. The Bertz CT molecular complexity index is 495. The van der Waals surface area contributed by atoms with Gasteiger partial charge in [0.05, 0.1) is 0 Å². The zero-order valence-electron chi connectivity index (χ0n) is 10.8. The number of rotatable bonds is 3. The number of hydrogen-bond donors (Lipinski definition) is 2. The van der Waals surface area contributed by atoms with Crippen LogP contribution in [0.4, 0.5) is 0 Å². The number of carbonyl (C=O) groups is 1. The molecule has 1 aromatic rings. The number of amides is 1. The van der Waals surface area contributed by atoms with Crippen molar-refractivity contribution in [2.75, 3.05) is 20.1 Å². The maximum Gasteiger partial charge on any atom is 0.260 e. The molecular weight excluding hydrogens is 230 g/mol. The summed E-state index contributed by atoms with van der Waals surface area (Å²) < 4.78 is 0. The van der Waals surface area contributed by atoms with Crippen molar-refractivity contribution >= 4 is 5.91 Å². The molecule has 2 N–H and O–H groups in total. The number of likely N-dealkylation sites (N-methyl/N-ethyl adjacent to an activating group) is 1. The third-order valence-electron chi connectivity index (χ3n) is 3.47. The third-order valence-corrected chi connectivity index (χ3v) is 3.47. The molecule has 2 heterocycles. The van der Waals surface area contributed by atoms with Gasteiger partial charge in [-0.2, -0.15) is 0 Å². The second kappa shape index (κ2) is 5.35. The standard InChI is InChI=1S/C13H19N3O2/c1-9-5-6-11(13(18)15-9)12(17)14-8-10-4-3-7-16(10)2/h5-6,10H,3-4,7-8H2,1-2H3,(H,14,17)(H,15,18)/t10-/m0/s1. The molecule has 5 heteroatoms. The van der Waals surface area contributed by atoms with Gasteiger partial charge in [0.2, 0.25) is 0 Å². The highest BCUT2D eigenvalue weighted by Crippen LogP contribution is 2.13. The zero-order chi connectivity index (χ0) is 13.1. The quantitative estimate of drug-likeness (QED) is 0.820. The molecule has 1 atom stereocenters. The van der Waals surface area contributed by atoms with Gasteiger partial charge >= 0.3 is 0 Å². The van der Waals surface area contributed by atoms with Crippen molar-refractivity contribution in [1.29, 1.82) is 0 Å². The fourth-order valence-corrected chi connectivity index (χ4v) is 2.29. The van der Waals surface area contributed by atoms with E-state index in [9.17, 15) is 9.59 Å². The maximum absolute atomic E-state index is 11.9. The van der Waals surface area contributed by atoms with E-state index in [1.54, 1.807) is 19.1 Å². The minimum absolute atomic E-state index is 0.182. The van der Waals surface area contributed by atoms with E-state index in [1.807, 2.05) is 0 Å². The molecule has 0 saturated carbocycles. The lowest BCUT2D eigenvalue weighted by molar-refractivity contribution is 0.0942. The lowest BCUT2D eigenvalue weighted by Gasteiger charge is -2.19. The average molecular weight is 249 g/mol. The summed E-state index contributed by atoms with van der Waals surface area (Å²) in [5.41, 5.74) is 0.612. The first-order valence-corrected chi connectivity index (χ1v) is 6.26. The molecular formula is C13H19N3O2. The number of aryl methyl sites for hydroxylation is 1. The predicted octanol–water partition coefficient (Wildman–Crippen LogP) is 0.507. The average Bonchev–Trinajstić information content (AvgIpc) is 2.72. The highest BCUT2D eigenvalue weighted by molar-refractivity contribution is 5.93. The van der Waals surface area contributed by atoms with Crippen molar-refractivity contribution in [2.24, 2.45) is 0 Å². The fourth-order valence-electron chi connectivity index (χ4n) is 2.29. The monoisotopic (exact) mass is 249 g/mol. The molecule has 0 spiro atoms. The maximum atomic E-state index is 11.9. The van der Waals surface area contributed by atoms with Crippen LogP contribution in [0, 0.1) is 6.92 Å². The molecule has 2 rings (SSSR count). The first kappa shape index (κ1) is 12.8. The van der Waals surface area contributed by atoms with E-state index in [-0.39, 0.29) is 17.0 Å². The molecule has 0 unspecified atom stereocenters. The number of hydrogen-bond acceptors (Lipinski definition) is 3. The molecule has 1 aromatic heterocycles. The van der Waals surface area contributed by atoms with Crippen LogP contribution in [0.3, 0.4) is 0 Å². The van der Waals surface area contributed by atoms with E-state index < -0.39 is 0 Å². The first-order valence-electron chi connectivity index (χ1n) is 6.26. The van der Waals surface area contributed by atoms with Crippen LogP contribution in [0.5, 0.6) is 0 Å². The second-order valence-electron chi connectivity index (χ2n) is 4.87. The van der Waals surface area contributed by atoms with E-state index in [2.05, 4.69) is 22.2 Å². The van der Waals surface area contributed by atoms with Gasteiger partial charge in [-0.05, 0) is 45.5 Å². The Morgan fingerprint density at radius 3 is 2.94 bits per heavy atom. The predicted molar refractivity (Wildman–Crippen MR) is 69.8 cm³/mol. The van der Waals surface area contributed by atoms with Crippen LogP contribution < -0.4 is 10.9 Å². The molecule has 18 heavy (non-hydrogen) atoms. The summed E-state index contributed by atoms with van der Waals surface area (Å²) in [6, 6.07) is 3.69. The highest BCUT2D eigenvalue weighted by atomic mass is 16.2. The van der Waals surface area contributed by atoms with Crippen LogP contribution in [0.15, 0.2) is 16.9 Å². The summed E-state index contributed by atoms with van der Waals surface area (Å²) in [6.07, 6.45) is 2.27. The third kappa shape index (κ3) is 2.79. The van der Waals surface area contributed by atoms with Gasteiger partial charge in [-0.3, -0.25) is 9.59 Å². The summed E-state index contributed by atoms with van der Waals surface area (Å²) in [6.45, 7) is 3.46. The number of nitrogens with zero attached hydrogens (tertiary/aromatic N) is 1. The molecule has 0 radical (unpaired) electrons. The fraction of sp³-hybridized carbons (Fsp3) is 0.538. The van der Waals surface area contributed by atoms with Gasteiger partial charge in [0, 0.05) is 18.3 Å². The van der Waals surface area contributed by atoms with Gasteiger partial charge in [-0.15, -0.1) is 0 Å². The van der Waals surface area contributed by atoms with Crippen LogP contribution in [0.25, 0.3) is 0 Å². The minimum atomic E-state index is -0.327. The second-order valence-corrected chi connectivity index (χ2v) is 4.87. The number of H-pyrrole nitrogens is 1. The van der Waals surface area contributed by atoms with Gasteiger partial charge in [-0.25, -0.2) is 0 Å². The van der Waals surface area contributed by atoms with Crippen LogP contribution >= 0.6 is 0 Å². The Balaban J connectivity index is 1.97. The molecule has 1 aliphatic rings. The number of likely N-dealkylation sites (tertiary alicyclic amines) is 1. The summed E-state index contributed by atoms with van der Waals surface area (Å²) in [5.74, 6) is -0.295. The SMILES string of the molecule is Cc1ccc(C(=O)NC[C@@H]2CCCN2C)c(=O)[nH]1. The summed E-state index contributed by atoms with van der Waals surface area (Å²) >= 11 is 0. The van der Waals surface area contributed by atoms with E-state index in [1.165, 1.54) is 6.42 Å². The Labute approximate surface area is 106 Å². The Kier molecular flexibility index (Phi) is 3.81. The highest BCUT2D eigenvalue weighted by Gasteiger charge is 2.21. The van der Waals surface area contributed by atoms with Crippen LogP contribution in [-0.2, 0) is 0 Å².